The number of carbonyl (C=O) groups is 2. The Labute approximate surface area is 123 Å². The number of aromatic nitrogens is 1. The second-order valence-corrected chi connectivity index (χ2v) is 5.95. The van der Waals surface area contributed by atoms with Gasteiger partial charge >= 0.3 is 0 Å². The van der Waals surface area contributed by atoms with Gasteiger partial charge in [-0.15, -0.1) is 0 Å². The molecule has 3 rings (SSSR count). The van der Waals surface area contributed by atoms with Gasteiger partial charge in [-0.05, 0) is 29.7 Å². The van der Waals surface area contributed by atoms with Crippen molar-refractivity contribution < 1.29 is 9.59 Å². The van der Waals surface area contributed by atoms with Crippen molar-refractivity contribution in [1.82, 2.24) is 10.3 Å². The molecular weight excluding hydrogens is 264 g/mol. The Morgan fingerprint density at radius 1 is 1.24 bits per heavy atom. The Hall–Kier alpha value is -2.23. The first-order valence-electron chi connectivity index (χ1n) is 7.24. The molecule has 2 unspecified atom stereocenters. The first-order valence-corrected chi connectivity index (χ1v) is 7.24. The van der Waals surface area contributed by atoms with E-state index in [1.807, 2.05) is 44.2 Å². The lowest BCUT2D eigenvalue weighted by Crippen LogP contribution is -2.46. The number of benzene rings is 1. The highest BCUT2D eigenvalue weighted by Crippen LogP contribution is 2.36. The summed E-state index contributed by atoms with van der Waals surface area (Å²) < 4.78 is 0. The van der Waals surface area contributed by atoms with Crippen molar-refractivity contribution in [2.24, 2.45) is 11.8 Å². The minimum absolute atomic E-state index is 0.0594. The summed E-state index contributed by atoms with van der Waals surface area (Å²) in [4.78, 5) is 28.2. The fourth-order valence-corrected chi connectivity index (χ4v) is 3.20. The lowest BCUT2D eigenvalue weighted by molar-refractivity contribution is -0.138. The number of nitrogens with one attached hydrogen (secondary N) is 1. The molecule has 1 aromatic carbocycles. The minimum atomic E-state index is -0.187. The normalized spacial score (nSPS) is 22.6. The highest BCUT2D eigenvalue weighted by atomic mass is 16.2. The predicted octanol–water partition coefficient (Wildman–Crippen LogP) is 2.64. The van der Waals surface area contributed by atoms with Crippen LogP contribution in [0.1, 0.15) is 31.7 Å². The minimum Gasteiger partial charge on any atom is -0.296 e. The molecule has 1 aliphatic heterocycles. The van der Waals surface area contributed by atoms with Crippen LogP contribution in [0.15, 0.2) is 36.5 Å². The highest BCUT2D eigenvalue weighted by molar-refractivity contribution is 6.00. The number of pyridine rings is 1. The van der Waals surface area contributed by atoms with Crippen LogP contribution in [-0.2, 0) is 9.59 Å². The third-order valence-corrected chi connectivity index (χ3v) is 4.18. The molecule has 1 fully saturated rings. The summed E-state index contributed by atoms with van der Waals surface area (Å²) in [7, 11) is 0. The van der Waals surface area contributed by atoms with Crippen molar-refractivity contribution in [3.8, 4) is 0 Å². The molecular formula is C17H18N2O2. The zero-order chi connectivity index (χ0) is 15.0. The summed E-state index contributed by atoms with van der Waals surface area (Å²) >= 11 is 0. The van der Waals surface area contributed by atoms with Gasteiger partial charge < -0.3 is 0 Å². The Kier molecular flexibility index (Phi) is 3.45. The van der Waals surface area contributed by atoms with Gasteiger partial charge in [0.15, 0.2) is 0 Å². The molecule has 0 aliphatic carbocycles. The Morgan fingerprint density at radius 2 is 2.05 bits per heavy atom. The Balaban J connectivity index is 2.05. The monoisotopic (exact) mass is 282 g/mol. The van der Waals surface area contributed by atoms with Crippen molar-refractivity contribution in [1.29, 1.82) is 0 Å². The number of piperidine rings is 1. The summed E-state index contributed by atoms with van der Waals surface area (Å²) in [6.07, 6.45) is 2.12. The fraction of sp³-hybridized carbons (Fsp3) is 0.353. The second kappa shape index (κ2) is 5.28. The first kappa shape index (κ1) is 13.7. The van der Waals surface area contributed by atoms with E-state index in [2.05, 4.69) is 10.3 Å². The molecule has 1 saturated heterocycles. The van der Waals surface area contributed by atoms with Gasteiger partial charge in [0.25, 0.3) is 0 Å². The van der Waals surface area contributed by atoms with Crippen LogP contribution in [0.5, 0.6) is 0 Å². The van der Waals surface area contributed by atoms with Crippen LogP contribution in [0.3, 0.4) is 0 Å². The van der Waals surface area contributed by atoms with E-state index in [9.17, 15) is 9.59 Å². The zero-order valence-electron chi connectivity index (χ0n) is 12.2. The SMILES string of the molecule is CC(C)C1C(=O)NC(=O)CC1c1ccc2ncccc2c1. The van der Waals surface area contributed by atoms with E-state index in [0.717, 1.165) is 16.5 Å². The van der Waals surface area contributed by atoms with Crippen LogP contribution in [0.4, 0.5) is 0 Å². The van der Waals surface area contributed by atoms with E-state index in [4.69, 9.17) is 0 Å². The van der Waals surface area contributed by atoms with E-state index < -0.39 is 0 Å². The van der Waals surface area contributed by atoms with Crippen LogP contribution in [0.25, 0.3) is 10.9 Å². The number of fused-ring (bicyclic) bond motifs is 1. The summed E-state index contributed by atoms with van der Waals surface area (Å²) in [5.74, 6) is -0.383. The third kappa shape index (κ3) is 2.53. The molecule has 2 heterocycles. The maximum absolute atomic E-state index is 12.1. The maximum atomic E-state index is 12.1. The number of amides is 2. The Morgan fingerprint density at radius 3 is 2.81 bits per heavy atom. The second-order valence-electron chi connectivity index (χ2n) is 5.95. The molecule has 1 aromatic heterocycles. The van der Waals surface area contributed by atoms with Gasteiger partial charge in [0.1, 0.15) is 0 Å². The largest absolute Gasteiger partial charge is 0.296 e. The third-order valence-electron chi connectivity index (χ3n) is 4.18. The molecule has 21 heavy (non-hydrogen) atoms. The molecule has 4 heteroatoms. The molecule has 0 saturated carbocycles. The zero-order valence-corrected chi connectivity index (χ0v) is 12.2. The van der Waals surface area contributed by atoms with Crippen molar-refractivity contribution in [3.63, 3.8) is 0 Å². The van der Waals surface area contributed by atoms with Crippen LogP contribution in [0.2, 0.25) is 0 Å². The molecule has 1 N–H and O–H groups in total. The number of carbonyl (C=O) groups excluding carboxylic acids is 2. The van der Waals surface area contributed by atoms with Gasteiger partial charge in [0.2, 0.25) is 11.8 Å². The van der Waals surface area contributed by atoms with E-state index in [1.54, 1.807) is 6.20 Å². The molecule has 1 aliphatic rings. The van der Waals surface area contributed by atoms with Gasteiger partial charge in [-0.25, -0.2) is 0 Å². The van der Waals surface area contributed by atoms with Crippen molar-refractivity contribution in [2.45, 2.75) is 26.2 Å². The summed E-state index contributed by atoms with van der Waals surface area (Å²) in [5, 5.41) is 3.50. The predicted molar refractivity (Wildman–Crippen MR) is 80.6 cm³/mol. The number of rotatable bonds is 2. The van der Waals surface area contributed by atoms with Crippen molar-refractivity contribution >= 4 is 22.7 Å². The number of nitrogens with zero attached hydrogens (tertiary/aromatic N) is 1. The van der Waals surface area contributed by atoms with E-state index >= 15 is 0 Å². The van der Waals surface area contributed by atoms with Gasteiger partial charge in [0, 0.05) is 29.8 Å². The fourth-order valence-electron chi connectivity index (χ4n) is 3.20. The number of hydrogen-bond donors (Lipinski definition) is 1. The summed E-state index contributed by atoms with van der Waals surface area (Å²) in [6.45, 7) is 4.05. The molecule has 0 radical (unpaired) electrons. The molecule has 0 bridgehead atoms. The molecule has 2 atom stereocenters. The molecule has 2 amide bonds. The van der Waals surface area contributed by atoms with E-state index in [0.29, 0.717) is 6.42 Å². The van der Waals surface area contributed by atoms with Crippen molar-refractivity contribution in [3.05, 3.63) is 42.1 Å². The van der Waals surface area contributed by atoms with E-state index in [1.165, 1.54) is 0 Å². The topological polar surface area (TPSA) is 59.1 Å². The first-order chi connectivity index (χ1) is 10.1. The lowest BCUT2D eigenvalue weighted by Gasteiger charge is -2.33. The van der Waals surface area contributed by atoms with Gasteiger partial charge in [0.05, 0.1) is 5.52 Å². The highest BCUT2D eigenvalue weighted by Gasteiger charge is 2.38. The van der Waals surface area contributed by atoms with Gasteiger partial charge in [-0.1, -0.05) is 26.0 Å². The van der Waals surface area contributed by atoms with Gasteiger partial charge in [-0.2, -0.15) is 0 Å². The standard InChI is InChI=1S/C17H18N2O2/c1-10(2)16-13(9-15(20)19-17(16)21)11-5-6-14-12(8-11)4-3-7-18-14/h3-8,10,13,16H,9H2,1-2H3,(H,19,20,21). The van der Waals surface area contributed by atoms with Crippen LogP contribution in [-0.4, -0.2) is 16.8 Å². The maximum Gasteiger partial charge on any atom is 0.230 e. The van der Waals surface area contributed by atoms with E-state index in [-0.39, 0.29) is 29.6 Å². The number of imide groups is 1. The van der Waals surface area contributed by atoms with Crippen LogP contribution < -0.4 is 5.32 Å². The van der Waals surface area contributed by atoms with Gasteiger partial charge in [-0.3, -0.25) is 19.9 Å². The molecule has 4 nitrogen and oxygen atoms in total. The lowest BCUT2D eigenvalue weighted by atomic mass is 9.74. The molecule has 0 spiro atoms. The van der Waals surface area contributed by atoms with Crippen LogP contribution >= 0.6 is 0 Å². The number of hydrogen-bond acceptors (Lipinski definition) is 3. The average Bonchev–Trinajstić information content (AvgIpc) is 2.45. The summed E-state index contributed by atoms with van der Waals surface area (Å²) in [6, 6.07) is 9.89. The smallest absolute Gasteiger partial charge is 0.230 e. The Bertz CT molecular complexity index is 709. The summed E-state index contributed by atoms with van der Waals surface area (Å²) in [5.41, 5.74) is 1.96. The average molecular weight is 282 g/mol. The molecule has 2 aromatic rings. The molecule has 108 valence electrons. The van der Waals surface area contributed by atoms with Crippen molar-refractivity contribution in [2.75, 3.05) is 0 Å². The quantitative estimate of drug-likeness (QED) is 0.861. The van der Waals surface area contributed by atoms with Crippen LogP contribution in [0, 0.1) is 11.8 Å².